The molecule has 21 heavy (non-hydrogen) atoms. The van der Waals surface area contributed by atoms with Gasteiger partial charge in [-0.05, 0) is 36.8 Å². The molecule has 0 aliphatic rings. The molecule has 4 heteroatoms. The molecule has 0 saturated heterocycles. The van der Waals surface area contributed by atoms with E-state index in [2.05, 4.69) is 17.9 Å². The van der Waals surface area contributed by atoms with Gasteiger partial charge < -0.3 is 20.4 Å². The number of carboxylic acid groups (broad SMARTS) is 1. The Labute approximate surface area is 124 Å². The molecule has 0 fully saturated rings. The lowest BCUT2D eigenvalue weighted by atomic mass is 10.0. The van der Waals surface area contributed by atoms with Crippen LogP contribution >= 0.6 is 0 Å². The van der Waals surface area contributed by atoms with E-state index in [1.165, 1.54) is 5.56 Å². The highest BCUT2D eigenvalue weighted by molar-refractivity contribution is 5.65. The minimum atomic E-state index is -1.09. The lowest BCUT2D eigenvalue weighted by Gasteiger charge is -2.11. The summed E-state index contributed by atoms with van der Waals surface area (Å²) < 4.78 is 5.70. The van der Waals surface area contributed by atoms with Crippen LogP contribution in [0.3, 0.4) is 0 Å². The minimum absolute atomic E-state index is 0.0798. The van der Waals surface area contributed by atoms with E-state index in [0.29, 0.717) is 6.61 Å². The molecule has 0 saturated carbocycles. The SMILES string of the molecule is Cc1ccc(COc2ccc([C@H]([NH3+])CC(=O)[O-])cc2)cc1. The number of hydrogen-bond acceptors (Lipinski definition) is 3. The molecule has 0 bridgehead atoms. The number of aliphatic carboxylic acids is 1. The van der Waals surface area contributed by atoms with Gasteiger partial charge in [0.05, 0.1) is 0 Å². The number of carboxylic acids is 1. The van der Waals surface area contributed by atoms with Crippen molar-refractivity contribution in [3.8, 4) is 5.75 Å². The van der Waals surface area contributed by atoms with E-state index in [4.69, 9.17) is 4.74 Å². The Balaban J connectivity index is 1.93. The zero-order valence-corrected chi connectivity index (χ0v) is 12.0. The molecule has 2 aromatic rings. The average Bonchev–Trinajstić information content (AvgIpc) is 2.46. The van der Waals surface area contributed by atoms with Gasteiger partial charge in [0, 0.05) is 18.0 Å². The number of carbonyl (C=O) groups is 1. The summed E-state index contributed by atoms with van der Waals surface area (Å²) in [6.45, 7) is 2.55. The fourth-order valence-corrected chi connectivity index (χ4v) is 2.01. The van der Waals surface area contributed by atoms with E-state index in [1.54, 1.807) is 0 Å². The Morgan fingerprint density at radius 3 is 2.33 bits per heavy atom. The van der Waals surface area contributed by atoms with Crippen LogP contribution in [-0.2, 0) is 11.4 Å². The standard InChI is InChI=1S/C17H19NO3/c1-12-2-4-13(5-3-12)11-21-15-8-6-14(7-9-15)16(18)10-17(19)20/h2-9,16H,10-11,18H2,1H3,(H,19,20)/t16-/m1/s1. The molecular weight excluding hydrogens is 266 g/mol. The van der Waals surface area contributed by atoms with Gasteiger partial charge in [-0.25, -0.2) is 0 Å². The maximum absolute atomic E-state index is 10.6. The molecule has 0 unspecified atom stereocenters. The maximum Gasteiger partial charge on any atom is 0.119 e. The van der Waals surface area contributed by atoms with Crippen LogP contribution in [0, 0.1) is 6.92 Å². The first-order valence-electron chi connectivity index (χ1n) is 6.86. The van der Waals surface area contributed by atoms with Crippen molar-refractivity contribution in [2.24, 2.45) is 0 Å². The van der Waals surface area contributed by atoms with Crippen molar-refractivity contribution in [2.75, 3.05) is 0 Å². The zero-order chi connectivity index (χ0) is 15.2. The summed E-state index contributed by atoms with van der Waals surface area (Å²) in [6, 6.07) is 15.2. The second kappa shape index (κ2) is 6.90. The van der Waals surface area contributed by atoms with E-state index in [0.717, 1.165) is 16.9 Å². The maximum atomic E-state index is 10.6. The number of hydrogen-bond donors (Lipinski definition) is 1. The molecule has 0 aromatic heterocycles. The molecule has 3 N–H and O–H groups in total. The fourth-order valence-electron chi connectivity index (χ4n) is 2.01. The lowest BCUT2D eigenvalue weighted by Crippen LogP contribution is -2.55. The van der Waals surface area contributed by atoms with Gasteiger partial charge in [0.15, 0.2) is 0 Å². The number of carbonyl (C=O) groups excluding carboxylic acids is 1. The highest BCUT2D eigenvalue weighted by Crippen LogP contribution is 2.18. The van der Waals surface area contributed by atoms with Crippen molar-refractivity contribution < 1.29 is 20.4 Å². The summed E-state index contributed by atoms with van der Waals surface area (Å²) in [5.74, 6) is -0.338. The van der Waals surface area contributed by atoms with Gasteiger partial charge in [0.1, 0.15) is 18.4 Å². The average molecular weight is 285 g/mol. The Kier molecular flexibility index (Phi) is 4.95. The number of rotatable bonds is 6. The van der Waals surface area contributed by atoms with Crippen molar-refractivity contribution in [3.05, 3.63) is 65.2 Å². The Morgan fingerprint density at radius 2 is 1.76 bits per heavy atom. The summed E-state index contributed by atoms with van der Waals surface area (Å²) in [5, 5.41) is 10.6. The van der Waals surface area contributed by atoms with E-state index in [-0.39, 0.29) is 12.5 Å². The summed E-state index contributed by atoms with van der Waals surface area (Å²) in [6.07, 6.45) is -0.0798. The Bertz CT molecular complexity index is 590. The second-order valence-corrected chi connectivity index (χ2v) is 5.12. The summed E-state index contributed by atoms with van der Waals surface area (Å²) in [4.78, 5) is 10.6. The number of ether oxygens (including phenoxy) is 1. The third kappa shape index (κ3) is 4.61. The van der Waals surface area contributed by atoms with Gasteiger partial charge in [-0.3, -0.25) is 0 Å². The van der Waals surface area contributed by atoms with Crippen molar-refractivity contribution in [2.45, 2.75) is 26.0 Å². The number of aryl methyl sites for hydroxylation is 1. The molecule has 0 amide bonds. The predicted molar refractivity (Wildman–Crippen MR) is 77.2 cm³/mol. The first-order chi connectivity index (χ1) is 10.0. The van der Waals surface area contributed by atoms with Crippen LogP contribution in [0.4, 0.5) is 0 Å². The van der Waals surface area contributed by atoms with Gasteiger partial charge in [0.25, 0.3) is 0 Å². The van der Waals surface area contributed by atoms with Crippen LogP contribution in [0.15, 0.2) is 48.5 Å². The van der Waals surface area contributed by atoms with Crippen molar-refractivity contribution in [1.82, 2.24) is 0 Å². The molecular formula is C17H19NO3. The van der Waals surface area contributed by atoms with Gasteiger partial charge >= 0.3 is 0 Å². The molecule has 0 spiro atoms. The normalized spacial score (nSPS) is 11.9. The molecule has 0 aliphatic heterocycles. The molecule has 1 atom stereocenters. The molecule has 110 valence electrons. The van der Waals surface area contributed by atoms with Crippen LogP contribution in [0.1, 0.15) is 29.2 Å². The zero-order valence-electron chi connectivity index (χ0n) is 12.0. The molecule has 0 heterocycles. The predicted octanol–water partition coefficient (Wildman–Crippen LogP) is 0.997. The van der Waals surface area contributed by atoms with Crippen LogP contribution in [0.5, 0.6) is 5.75 Å². The molecule has 0 aliphatic carbocycles. The van der Waals surface area contributed by atoms with Gasteiger partial charge in [0.2, 0.25) is 0 Å². The highest BCUT2D eigenvalue weighted by Gasteiger charge is 2.09. The summed E-state index contributed by atoms with van der Waals surface area (Å²) >= 11 is 0. The second-order valence-electron chi connectivity index (χ2n) is 5.12. The van der Waals surface area contributed by atoms with Crippen molar-refractivity contribution >= 4 is 5.97 Å². The van der Waals surface area contributed by atoms with Crippen LogP contribution in [-0.4, -0.2) is 5.97 Å². The van der Waals surface area contributed by atoms with Crippen LogP contribution in [0.25, 0.3) is 0 Å². The van der Waals surface area contributed by atoms with Crippen molar-refractivity contribution in [1.29, 1.82) is 0 Å². The smallest absolute Gasteiger partial charge is 0.119 e. The van der Waals surface area contributed by atoms with Crippen LogP contribution in [0.2, 0.25) is 0 Å². The third-order valence-electron chi connectivity index (χ3n) is 3.29. The summed E-state index contributed by atoms with van der Waals surface area (Å²) in [7, 11) is 0. The molecule has 2 aromatic carbocycles. The first-order valence-corrected chi connectivity index (χ1v) is 6.86. The number of benzene rings is 2. The third-order valence-corrected chi connectivity index (χ3v) is 3.29. The Hall–Kier alpha value is -2.33. The van der Waals surface area contributed by atoms with Crippen molar-refractivity contribution in [3.63, 3.8) is 0 Å². The van der Waals surface area contributed by atoms with E-state index in [9.17, 15) is 9.90 Å². The summed E-state index contributed by atoms with van der Waals surface area (Å²) in [5.41, 5.74) is 7.01. The topological polar surface area (TPSA) is 77.0 Å². The monoisotopic (exact) mass is 285 g/mol. The van der Waals surface area contributed by atoms with Crippen LogP contribution < -0.4 is 15.6 Å². The van der Waals surface area contributed by atoms with Gasteiger partial charge in [-0.15, -0.1) is 0 Å². The highest BCUT2D eigenvalue weighted by atomic mass is 16.5. The Morgan fingerprint density at radius 1 is 1.14 bits per heavy atom. The molecule has 4 nitrogen and oxygen atoms in total. The first kappa shape index (κ1) is 15.1. The van der Waals surface area contributed by atoms with Gasteiger partial charge in [-0.2, -0.15) is 0 Å². The van der Waals surface area contributed by atoms with E-state index in [1.807, 2.05) is 43.3 Å². The largest absolute Gasteiger partial charge is 0.550 e. The quantitative estimate of drug-likeness (QED) is 0.860. The number of quaternary nitrogens is 1. The molecule has 2 rings (SSSR count). The molecule has 0 radical (unpaired) electrons. The fraction of sp³-hybridized carbons (Fsp3) is 0.235. The minimum Gasteiger partial charge on any atom is -0.550 e. The van der Waals surface area contributed by atoms with Gasteiger partial charge in [-0.1, -0.05) is 29.8 Å². The van der Waals surface area contributed by atoms with E-state index < -0.39 is 5.97 Å². The van der Waals surface area contributed by atoms with E-state index >= 15 is 0 Å². The lowest BCUT2D eigenvalue weighted by molar-refractivity contribution is -0.430.